The molecule has 0 radical (unpaired) electrons. The predicted octanol–water partition coefficient (Wildman–Crippen LogP) is 1.73. The van der Waals surface area contributed by atoms with Gasteiger partial charge in [0.2, 0.25) is 5.88 Å². The van der Waals surface area contributed by atoms with Gasteiger partial charge in [-0.05, 0) is 38.4 Å². The van der Waals surface area contributed by atoms with Crippen LogP contribution in [0.4, 0.5) is 0 Å². The molecule has 6 heteroatoms. The van der Waals surface area contributed by atoms with E-state index in [4.69, 9.17) is 4.74 Å². The van der Waals surface area contributed by atoms with Crippen LogP contribution in [0.1, 0.15) is 31.0 Å². The molecule has 1 atom stereocenters. The number of H-pyrrole nitrogens is 1. The highest BCUT2D eigenvalue weighted by Crippen LogP contribution is 2.25. The van der Waals surface area contributed by atoms with Gasteiger partial charge in [-0.1, -0.05) is 0 Å². The van der Waals surface area contributed by atoms with Crippen molar-refractivity contribution in [3.63, 3.8) is 0 Å². The van der Waals surface area contributed by atoms with Gasteiger partial charge in [-0.2, -0.15) is 5.10 Å². The smallest absolute Gasteiger partial charge is 0.212 e. The Morgan fingerprint density at radius 3 is 3.00 bits per heavy atom. The molecule has 1 fully saturated rings. The molecule has 1 aliphatic rings. The van der Waals surface area contributed by atoms with Gasteiger partial charge in [-0.3, -0.25) is 5.10 Å². The van der Waals surface area contributed by atoms with Crippen LogP contribution < -0.4 is 10.1 Å². The highest BCUT2D eigenvalue weighted by Gasteiger charge is 2.18. The number of pyridine rings is 1. The summed E-state index contributed by atoms with van der Waals surface area (Å²) in [6, 6.07) is 3.74. The van der Waals surface area contributed by atoms with Crippen LogP contribution in [0.25, 0.3) is 11.4 Å². The Morgan fingerprint density at radius 1 is 1.25 bits per heavy atom. The summed E-state index contributed by atoms with van der Waals surface area (Å²) >= 11 is 0. The quantitative estimate of drug-likeness (QED) is 0.890. The molecule has 0 bridgehead atoms. The van der Waals surface area contributed by atoms with E-state index in [9.17, 15) is 0 Å². The van der Waals surface area contributed by atoms with Crippen LogP contribution in [0.3, 0.4) is 0 Å². The standard InChI is InChI=1S/C14H19N5O/c1-20-12-5-4-11(9-16-12)14-17-13(18-19-14)10-3-2-7-15-8-6-10/h4-5,9-10,15H,2-3,6-8H2,1H3,(H,17,18,19). The molecular formula is C14H19N5O. The van der Waals surface area contributed by atoms with Crippen LogP contribution in [-0.4, -0.2) is 40.4 Å². The van der Waals surface area contributed by atoms with Crippen molar-refractivity contribution in [3.8, 4) is 17.3 Å². The topological polar surface area (TPSA) is 75.7 Å². The van der Waals surface area contributed by atoms with Crippen molar-refractivity contribution in [1.29, 1.82) is 0 Å². The molecule has 20 heavy (non-hydrogen) atoms. The van der Waals surface area contributed by atoms with E-state index in [1.807, 2.05) is 12.1 Å². The molecule has 0 amide bonds. The van der Waals surface area contributed by atoms with Gasteiger partial charge < -0.3 is 10.1 Å². The van der Waals surface area contributed by atoms with Crippen molar-refractivity contribution >= 4 is 0 Å². The third-order valence-electron chi connectivity index (χ3n) is 3.67. The zero-order valence-electron chi connectivity index (χ0n) is 11.6. The van der Waals surface area contributed by atoms with Crippen LogP contribution in [0.2, 0.25) is 0 Å². The van der Waals surface area contributed by atoms with Crippen molar-refractivity contribution < 1.29 is 4.74 Å². The van der Waals surface area contributed by atoms with Crippen molar-refractivity contribution in [1.82, 2.24) is 25.5 Å². The third kappa shape index (κ3) is 2.80. The number of aromatic nitrogens is 4. The highest BCUT2D eigenvalue weighted by molar-refractivity contribution is 5.53. The summed E-state index contributed by atoms with van der Waals surface area (Å²) in [5.74, 6) is 2.75. The fourth-order valence-corrected chi connectivity index (χ4v) is 2.51. The SMILES string of the molecule is COc1ccc(-c2n[nH]c(C3CCCNCC3)n2)cn1. The molecule has 0 aliphatic carbocycles. The number of rotatable bonds is 3. The number of methoxy groups -OCH3 is 1. The van der Waals surface area contributed by atoms with Gasteiger partial charge in [-0.15, -0.1) is 0 Å². The molecule has 2 aromatic heterocycles. The van der Waals surface area contributed by atoms with Gasteiger partial charge in [-0.25, -0.2) is 9.97 Å². The third-order valence-corrected chi connectivity index (χ3v) is 3.67. The van der Waals surface area contributed by atoms with Crippen molar-refractivity contribution in [2.24, 2.45) is 0 Å². The fraction of sp³-hybridized carbons (Fsp3) is 0.500. The first-order valence-corrected chi connectivity index (χ1v) is 7.00. The lowest BCUT2D eigenvalue weighted by Crippen LogP contribution is -2.14. The first kappa shape index (κ1) is 13.1. The molecule has 106 valence electrons. The van der Waals surface area contributed by atoms with E-state index in [-0.39, 0.29) is 0 Å². The molecule has 3 rings (SSSR count). The normalized spacial score (nSPS) is 19.6. The van der Waals surface area contributed by atoms with Crippen molar-refractivity contribution in [3.05, 3.63) is 24.2 Å². The maximum Gasteiger partial charge on any atom is 0.212 e. The summed E-state index contributed by atoms with van der Waals surface area (Å²) in [6.07, 6.45) is 5.18. The number of hydrogen-bond donors (Lipinski definition) is 2. The second-order valence-electron chi connectivity index (χ2n) is 5.01. The number of hydrogen-bond acceptors (Lipinski definition) is 5. The summed E-state index contributed by atoms with van der Waals surface area (Å²) in [4.78, 5) is 8.81. The van der Waals surface area contributed by atoms with Crippen LogP contribution >= 0.6 is 0 Å². The molecular weight excluding hydrogens is 254 g/mol. The minimum atomic E-state index is 0.470. The molecule has 0 spiro atoms. The van der Waals surface area contributed by atoms with Crippen LogP contribution in [0, 0.1) is 0 Å². The van der Waals surface area contributed by atoms with Gasteiger partial charge in [0, 0.05) is 23.7 Å². The Bertz CT molecular complexity index is 543. The zero-order chi connectivity index (χ0) is 13.8. The molecule has 0 aromatic carbocycles. The Balaban J connectivity index is 1.78. The highest BCUT2D eigenvalue weighted by atomic mass is 16.5. The van der Waals surface area contributed by atoms with Crippen LogP contribution in [0.5, 0.6) is 5.88 Å². The Morgan fingerprint density at radius 2 is 2.20 bits per heavy atom. The Kier molecular flexibility index (Phi) is 3.92. The van der Waals surface area contributed by atoms with Crippen LogP contribution in [-0.2, 0) is 0 Å². The predicted molar refractivity (Wildman–Crippen MR) is 75.6 cm³/mol. The number of nitrogens with zero attached hydrogens (tertiary/aromatic N) is 3. The number of aromatic amines is 1. The van der Waals surface area contributed by atoms with E-state index in [1.165, 1.54) is 6.42 Å². The maximum atomic E-state index is 5.05. The van der Waals surface area contributed by atoms with Crippen molar-refractivity contribution in [2.75, 3.05) is 20.2 Å². The largest absolute Gasteiger partial charge is 0.481 e. The zero-order valence-corrected chi connectivity index (χ0v) is 11.6. The van der Waals surface area contributed by atoms with Gasteiger partial charge in [0.05, 0.1) is 7.11 Å². The summed E-state index contributed by atoms with van der Waals surface area (Å²) in [5, 5.41) is 10.8. The summed E-state index contributed by atoms with van der Waals surface area (Å²) < 4.78 is 5.05. The Labute approximate surface area is 118 Å². The van der Waals surface area contributed by atoms with Gasteiger partial charge in [0.15, 0.2) is 5.82 Å². The van der Waals surface area contributed by atoms with Gasteiger partial charge in [0.1, 0.15) is 5.82 Å². The first-order chi connectivity index (χ1) is 9.86. The van der Waals surface area contributed by atoms with E-state index in [0.29, 0.717) is 17.6 Å². The molecule has 1 aliphatic heterocycles. The monoisotopic (exact) mass is 273 g/mol. The van der Waals surface area contributed by atoms with Crippen molar-refractivity contribution in [2.45, 2.75) is 25.2 Å². The second-order valence-corrected chi connectivity index (χ2v) is 5.01. The van der Waals surface area contributed by atoms with Gasteiger partial charge in [0.25, 0.3) is 0 Å². The van der Waals surface area contributed by atoms with E-state index in [2.05, 4.69) is 25.5 Å². The second kappa shape index (κ2) is 6.00. The average molecular weight is 273 g/mol. The fourth-order valence-electron chi connectivity index (χ4n) is 2.51. The van der Waals surface area contributed by atoms with E-state index >= 15 is 0 Å². The van der Waals surface area contributed by atoms with E-state index in [1.54, 1.807) is 13.3 Å². The minimum absolute atomic E-state index is 0.470. The molecule has 1 saturated heterocycles. The number of ether oxygens (including phenoxy) is 1. The number of nitrogens with one attached hydrogen (secondary N) is 2. The molecule has 3 heterocycles. The molecule has 2 aromatic rings. The molecule has 6 nitrogen and oxygen atoms in total. The maximum absolute atomic E-state index is 5.05. The summed E-state index contributed by atoms with van der Waals surface area (Å²) in [7, 11) is 1.60. The lowest BCUT2D eigenvalue weighted by atomic mass is 10.0. The molecule has 1 unspecified atom stereocenters. The molecule has 0 saturated carbocycles. The molecule has 2 N–H and O–H groups in total. The van der Waals surface area contributed by atoms with E-state index < -0.39 is 0 Å². The lowest BCUT2D eigenvalue weighted by molar-refractivity contribution is 0.398. The minimum Gasteiger partial charge on any atom is -0.481 e. The average Bonchev–Trinajstić information content (AvgIpc) is 2.83. The van der Waals surface area contributed by atoms with E-state index in [0.717, 1.165) is 37.3 Å². The van der Waals surface area contributed by atoms with Crippen LogP contribution in [0.15, 0.2) is 18.3 Å². The van der Waals surface area contributed by atoms with Gasteiger partial charge >= 0.3 is 0 Å². The Hall–Kier alpha value is -1.95. The summed E-state index contributed by atoms with van der Waals surface area (Å²) in [6.45, 7) is 2.14. The lowest BCUT2D eigenvalue weighted by Gasteiger charge is -2.08. The first-order valence-electron chi connectivity index (χ1n) is 7.00. The summed E-state index contributed by atoms with van der Waals surface area (Å²) in [5.41, 5.74) is 0.903.